The van der Waals surface area contributed by atoms with Crippen LogP contribution in [-0.2, 0) is 0 Å². The van der Waals surface area contributed by atoms with Crippen molar-refractivity contribution in [2.45, 2.75) is 46.8 Å². The van der Waals surface area contributed by atoms with Crippen molar-refractivity contribution in [3.63, 3.8) is 0 Å². The van der Waals surface area contributed by atoms with Crippen molar-refractivity contribution in [2.24, 2.45) is 0 Å². The Balaban J connectivity index is 2.33. The number of carbonyl (C=O) groups is 2. The molecule has 2 rings (SSSR count). The summed E-state index contributed by atoms with van der Waals surface area (Å²) in [7, 11) is 0. The predicted molar refractivity (Wildman–Crippen MR) is 109 cm³/mol. The molecule has 0 fully saturated rings. The average molecular weight is 406 g/mol. The average Bonchev–Trinajstić information content (AvgIpc) is 2.56. The molecule has 2 aromatic carbocycles. The van der Waals surface area contributed by atoms with Gasteiger partial charge in [-0.1, -0.05) is 11.6 Å². The summed E-state index contributed by atoms with van der Waals surface area (Å²) in [4.78, 5) is 23.8. The van der Waals surface area contributed by atoms with Crippen molar-refractivity contribution in [3.8, 4) is 11.5 Å². The highest BCUT2D eigenvalue weighted by Gasteiger charge is 2.19. The van der Waals surface area contributed by atoms with Crippen LogP contribution in [0.25, 0.3) is 0 Å². The number of anilines is 1. The molecule has 2 N–H and O–H groups in total. The van der Waals surface area contributed by atoms with Gasteiger partial charge in [0, 0.05) is 11.3 Å². The maximum absolute atomic E-state index is 12.7. The van der Waals surface area contributed by atoms with Gasteiger partial charge >= 0.3 is 5.97 Å². The van der Waals surface area contributed by atoms with E-state index in [1.54, 1.807) is 19.1 Å². The smallest absolute Gasteiger partial charge is 0.335 e. The van der Waals surface area contributed by atoms with Crippen LogP contribution in [-0.4, -0.2) is 29.2 Å². The van der Waals surface area contributed by atoms with Gasteiger partial charge < -0.3 is 19.9 Å². The Hall–Kier alpha value is -2.73. The third-order valence-corrected chi connectivity index (χ3v) is 3.98. The number of benzene rings is 2. The minimum Gasteiger partial charge on any atom is -0.487 e. The Morgan fingerprint density at radius 3 is 2.21 bits per heavy atom. The normalized spacial score (nSPS) is 10.9. The minimum atomic E-state index is -1.02. The number of carbonyl (C=O) groups excluding carboxylic acids is 1. The van der Waals surface area contributed by atoms with E-state index >= 15 is 0 Å². The molecule has 0 heterocycles. The number of aryl methyl sites for hydroxylation is 1. The van der Waals surface area contributed by atoms with E-state index in [1.807, 2.05) is 27.7 Å². The number of carboxylic acid groups (broad SMARTS) is 1. The number of amides is 1. The Morgan fingerprint density at radius 1 is 1.04 bits per heavy atom. The lowest BCUT2D eigenvalue weighted by atomic mass is 10.1. The zero-order valence-corrected chi connectivity index (χ0v) is 17.3. The van der Waals surface area contributed by atoms with Crippen LogP contribution in [0.3, 0.4) is 0 Å². The summed E-state index contributed by atoms with van der Waals surface area (Å²) >= 11 is 6.34. The third-order valence-electron chi connectivity index (χ3n) is 3.70. The monoisotopic (exact) mass is 405 g/mol. The van der Waals surface area contributed by atoms with Crippen molar-refractivity contribution in [3.05, 3.63) is 52.0 Å². The highest BCUT2D eigenvalue weighted by atomic mass is 35.5. The van der Waals surface area contributed by atoms with Gasteiger partial charge in [0.15, 0.2) is 11.5 Å². The summed E-state index contributed by atoms with van der Waals surface area (Å²) in [6, 6.07) is 7.69. The molecule has 7 heteroatoms. The molecule has 0 spiro atoms. The SMILES string of the molecule is Cc1cc(NC(=O)c2cc(Cl)c(OC(C)C)c(OC(C)C)c2)ccc1C(=O)O. The van der Waals surface area contributed by atoms with Crippen molar-refractivity contribution >= 4 is 29.2 Å². The van der Waals surface area contributed by atoms with E-state index in [1.165, 1.54) is 18.2 Å². The molecule has 0 aromatic heterocycles. The summed E-state index contributed by atoms with van der Waals surface area (Å²) < 4.78 is 11.5. The lowest BCUT2D eigenvalue weighted by molar-refractivity contribution is 0.0696. The van der Waals surface area contributed by atoms with Gasteiger partial charge in [0.1, 0.15) is 0 Å². The first-order valence-corrected chi connectivity index (χ1v) is 9.28. The number of hydrogen-bond donors (Lipinski definition) is 2. The molecule has 2 aromatic rings. The van der Waals surface area contributed by atoms with Crippen LogP contribution in [0.4, 0.5) is 5.69 Å². The molecular formula is C21H24ClNO5. The predicted octanol–water partition coefficient (Wildman–Crippen LogP) is 5.17. The van der Waals surface area contributed by atoms with Crippen LogP contribution < -0.4 is 14.8 Å². The second-order valence-electron chi connectivity index (χ2n) is 6.91. The van der Waals surface area contributed by atoms with Gasteiger partial charge in [0.05, 0.1) is 22.8 Å². The molecule has 0 radical (unpaired) electrons. The fourth-order valence-corrected chi connectivity index (χ4v) is 2.83. The molecule has 0 saturated heterocycles. The maximum atomic E-state index is 12.7. The van der Waals surface area contributed by atoms with Crippen LogP contribution in [0.5, 0.6) is 11.5 Å². The Morgan fingerprint density at radius 2 is 1.68 bits per heavy atom. The van der Waals surface area contributed by atoms with Gasteiger partial charge in [0.2, 0.25) is 0 Å². The molecule has 28 heavy (non-hydrogen) atoms. The molecule has 6 nitrogen and oxygen atoms in total. The van der Waals surface area contributed by atoms with E-state index in [0.29, 0.717) is 28.3 Å². The summed E-state index contributed by atoms with van der Waals surface area (Å²) in [6.07, 6.45) is -0.238. The van der Waals surface area contributed by atoms with Gasteiger partial charge in [-0.25, -0.2) is 4.79 Å². The lowest BCUT2D eigenvalue weighted by Crippen LogP contribution is -2.15. The van der Waals surface area contributed by atoms with Gasteiger partial charge in [-0.3, -0.25) is 4.79 Å². The molecular weight excluding hydrogens is 382 g/mol. The Labute approximate surface area is 169 Å². The molecule has 0 unspecified atom stereocenters. The molecule has 0 aliphatic carbocycles. The van der Waals surface area contributed by atoms with E-state index in [9.17, 15) is 9.59 Å². The molecule has 1 amide bonds. The number of aromatic carboxylic acids is 1. The van der Waals surface area contributed by atoms with E-state index in [-0.39, 0.29) is 22.8 Å². The molecule has 0 saturated carbocycles. The summed E-state index contributed by atoms with van der Waals surface area (Å²) in [6.45, 7) is 9.15. The number of hydrogen-bond acceptors (Lipinski definition) is 4. The molecule has 0 aliphatic heterocycles. The van der Waals surface area contributed by atoms with E-state index in [4.69, 9.17) is 26.2 Å². The largest absolute Gasteiger partial charge is 0.487 e. The van der Waals surface area contributed by atoms with Crippen molar-refractivity contribution < 1.29 is 24.2 Å². The van der Waals surface area contributed by atoms with Gasteiger partial charge in [0.25, 0.3) is 5.91 Å². The van der Waals surface area contributed by atoms with Crippen molar-refractivity contribution in [2.75, 3.05) is 5.32 Å². The first-order chi connectivity index (χ1) is 13.1. The lowest BCUT2D eigenvalue weighted by Gasteiger charge is -2.19. The molecule has 0 atom stereocenters. The van der Waals surface area contributed by atoms with Gasteiger partial charge in [-0.15, -0.1) is 0 Å². The third kappa shape index (κ3) is 5.39. The quantitative estimate of drug-likeness (QED) is 0.663. The number of nitrogens with one attached hydrogen (secondary N) is 1. The highest BCUT2D eigenvalue weighted by Crippen LogP contribution is 2.38. The fraction of sp³-hybridized carbons (Fsp3) is 0.333. The number of halogens is 1. The second-order valence-corrected chi connectivity index (χ2v) is 7.31. The Bertz CT molecular complexity index is 893. The first-order valence-electron chi connectivity index (χ1n) is 8.90. The van der Waals surface area contributed by atoms with Crippen molar-refractivity contribution in [1.29, 1.82) is 0 Å². The molecule has 0 bridgehead atoms. The van der Waals surface area contributed by atoms with Crippen LogP contribution in [0, 0.1) is 6.92 Å². The van der Waals surface area contributed by atoms with Crippen LogP contribution in [0.2, 0.25) is 5.02 Å². The standard InChI is InChI=1S/C21H24ClNO5/c1-11(2)27-18-10-14(9-17(22)19(18)28-12(3)4)20(24)23-15-6-7-16(21(25)26)13(5)8-15/h6-12H,1-5H3,(H,23,24)(H,25,26). The fourth-order valence-electron chi connectivity index (χ4n) is 2.58. The summed E-state index contributed by atoms with van der Waals surface area (Å²) in [5.74, 6) is -0.630. The Kier molecular flexibility index (Phi) is 6.91. The second kappa shape index (κ2) is 8.97. The maximum Gasteiger partial charge on any atom is 0.335 e. The van der Waals surface area contributed by atoms with Crippen LogP contribution in [0.15, 0.2) is 30.3 Å². The summed E-state index contributed by atoms with van der Waals surface area (Å²) in [5, 5.41) is 12.1. The van der Waals surface area contributed by atoms with Crippen LogP contribution in [0.1, 0.15) is 54.0 Å². The number of carboxylic acids is 1. The van der Waals surface area contributed by atoms with E-state index in [2.05, 4.69) is 5.32 Å². The van der Waals surface area contributed by atoms with E-state index < -0.39 is 11.9 Å². The molecule has 150 valence electrons. The number of rotatable bonds is 7. The minimum absolute atomic E-state index is 0.109. The zero-order valence-electron chi connectivity index (χ0n) is 16.5. The zero-order chi connectivity index (χ0) is 21.0. The topological polar surface area (TPSA) is 84.9 Å². The van der Waals surface area contributed by atoms with Gasteiger partial charge in [-0.2, -0.15) is 0 Å². The highest BCUT2D eigenvalue weighted by molar-refractivity contribution is 6.32. The van der Waals surface area contributed by atoms with Gasteiger partial charge in [-0.05, 0) is 70.5 Å². The van der Waals surface area contributed by atoms with Crippen LogP contribution >= 0.6 is 11.6 Å². The summed E-state index contributed by atoms with van der Waals surface area (Å²) in [5.41, 5.74) is 1.52. The van der Waals surface area contributed by atoms with Crippen molar-refractivity contribution in [1.82, 2.24) is 0 Å². The molecule has 0 aliphatic rings. The first kappa shape index (κ1) is 21.6. The van der Waals surface area contributed by atoms with E-state index in [0.717, 1.165) is 0 Å². The number of ether oxygens (including phenoxy) is 2.